The summed E-state index contributed by atoms with van der Waals surface area (Å²) in [6.45, 7) is 4.21. The first-order chi connectivity index (χ1) is 9.49. The van der Waals surface area contributed by atoms with Gasteiger partial charge in [0.15, 0.2) is 0 Å². The molecule has 0 aromatic heterocycles. The molecule has 6 nitrogen and oxygen atoms in total. The highest BCUT2D eigenvalue weighted by atomic mass is 19.1. The Kier molecular flexibility index (Phi) is 5.76. The number of hydrogen-bond donors (Lipinski definition) is 3. The lowest BCUT2D eigenvalue weighted by atomic mass is 10.1. The van der Waals surface area contributed by atoms with E-state index in [1.165, 1.54) is 17.0 Å². The van der Waals surface area contributed by atoms with E-state index in [2.05, 4.69) is 10.5 Å². The van der Waals surface area contributed by atoms with Crippen molar-refractivity contribution >= 4 is 17.6 Å². The number of urea groups is 1. The van der Waals surface area contributed by atoms with Gasteiger partial charge in [0.05, 0.1) is 5.69 Å². The van der Waals surface area contributed by atoms with Gasteiger partial charge in [-0.1, -0.05) is 24.2 Å². The first kappa shape index (κ1) is 15.7. The van der Waals surface area contributed by atoms with E-state index in [1.54, 1.807) is 26.0 Å². The lowest BCUT2D eigenvalue weighted by Gasteiger charge is -2.24. The predicted molar refractivity (Wildman–Crippen MR) is 75.2 cm³/mol. The number of halogens is 1. The van der Waals surface area contributed by atoms with Crippen molar-refractivity contribution in [1.82, 2.24) is 4.90 Å². The number of amides is 2. The average Bonchev–Trinajstić information content (AvgIpc) is 2.45. The van der Waals surface area contributed by atoms with E-state index in [-0.39, 0.29) is 24.0 Å². The Morgan fingerprint density at radius 3 is 2.75 bits per heavy atom. The van der Waals surface area contributed by atoms with Crippen LogP contribution >= 0.6 is 0 Å². The number of amidine groups is 1. The van der Waals surface area contributed by atoms with Gasteiger partial charge in [-0.2, -0.15) is 0 Å². The van der Waals surface area contributed by atoms with Crippen LogP contribution < -0.4 is 11.1 Å². The fourth-order valence-corrected chi connectivity index (χ4v) is 1.64. The average molecular weight is 282 g/mol. The Balaban J connectivity index is 2.71. The molecule has 4 N–H and O–H groups in total. The molecule has 1 aromatic carbocycles. The summed E-state index contributed by atoms with van der Waals surface area (Å²) in [5, 5.41) is 14.0. The number of hydrogen-bond acceptors (Lipinski definition) is 3. The summed E-state index contributed by atoms with van der Waals surface area (Å²) in [6, 6.07) is 5.49. The molecule has 0 saturated carbocycles. The largest absolute Gasteiger partial charge is 0.409 e. The van der Waals surface area contributed by atoms with Crippen LogP contribution in [-0.4, -0.2) is 35.1 Å². The van der Waals surface area contributed by atoms with Gasteiger partial charge in [-0.25, -0.2) is 9.18 Å². The summed E-state index contributed by atoms with van der Waals surface area (Å²) in [5.74, 6) is -0.755. The Hall–Kier alpha value is -2.31. The van der Waals surface area contributed by atoms with Gasteiger partial charge < -0.3 is 21.2 Å². The van der Waals surface area contributed by atoms with Gasteiger partial charge >= 0.3 is 6.03 Å². The topological polar surface area (TPSA) is 90.9 Å². The molecule has 0 saturated heterocycles. The van der Waals surface area contributed by atoms with Crippen LogP contribution in [0.4, 0.5) is 14.9 Å². The molecule has 2 amide bonds. The van der Waals surface area contributed by atoms with Crippen molar-refractivity contribution in [3.63, 3.8) is 0 Å². The van der Waals surface area contributed by atoms with Crippen LogP contribution in [0.25, 0.3) is 0 Å². The molecular formula is C13H19FN4O2. The summed E-state index contributed by atoms with van der Waals surface area (Å²) < 4.78 is 13.5. The molecular weight excluding hydrogens is 263 g/mol. The van der Waals surface area contributed by atoms with Crippen molar-refractivity contribution in [2.75, 3.05) is 18.4 Å². The van der Waals surface area contributed by atoms with Crippen molar-refractivity contribution in [2.45, 2.75) is 13.8 Å². The van der Waals surface area contributed by atoms with Gasteiger partial charge in [-0.3, -0.25) is 0 Å². The first-order valence-electron chi connectivity index (χ1n) is 6.27. The number of nitrogens with two attached hydrogens (primary N) is 1. The van der Waals surface area contributed by atoms with Crippen molar-refractivity contribution in [3.05, 3.63) is 30.1 Å². The van der Waals surface area contributed by atoms with Gasteiger partial charge in [0, 0.05) is 19.0 Å². The number of anilines is 1. The number of para-hydroxylation sites is 1. The maximum absolute atomic E-state index is 13.5. The van der Waals surface area contributed by atoms with Crippen LogP contribution in [0.5, 0.6) is 0 Å². The zero-order valence-corrected chi connectivity index (χ0v) is 11.5. The quantitative estimate of drug-likeness (QED) is 0.334. The molecule has 7 heteroatoms. The van der Waals surface area contributed by atoms with Crippen LogP contribution in [0, 0.1) is 11.7 Å². The number of carbonyl (C=O) groups excluding carboxylic acids is 1. The summed E-state index contributed by atoms with van der Waals surface area (Å²) in [7, 11) is 0. The molecule has 1 atom stereocenters. The summed E-state index contributed by atoms with van der Waals surface area (Å²) in [6.07, 6.45) is 0. The minimum absolute atomic E-state index is 0.0436. The first-order valence-corrected chi connectivity index (χ1v) is 6.27. The van der Waals surface area contributed by atoms with Crippen LogP contribution in [0.3, 0.4) is 0 Å². The molecule has 0 aliphatic heterocycles. The second-order valence-electron chi connectivity index (χ2n) is 4.37. The smallest absolute Gasteiger partial charge is 0.321 e. The minimum Gasteiger partial charge on any atom is -0.409 e. The fourth-order valence-electron chi connectivity index (χ4n) is 1.64. The van der Waals surface area contributed by atoms with Crippen LogP contribution in [0.1, 0.15) is 13.8 Å². The number of rotatable bonds is 5. The molecule has 0 bridgehead atoms. The molecule has 0 spiro atoms. The summed E-state index contributed by atoms with van der Waals surface area (Å²) >= 11 is 0. The molecule has 20 heavy (non-hydrogen) atoms. The van der Waals surface area contributed by atoms with Gasteiger partial charge in [0.1, 0.15) is 11.7 Å². The monoisotopic (exact) mass is 282 g/mol. The molecule has 0 aliphatic rings. The lowest BCUT2D eigenvalue weighted by Crippen LogP contribution is -2.41. The number of nitrogens with one attached hydrogen (secondary N) is 1. The third-order valence-electron chi connectivity index (χ3n) is 2.90. The van der Waals surface area contributed by atoms with Crippen molar-refractivity contribution in [1.29, 1.82) is 0 Å². The Labute approximate surface area is 117 Å². The number of carbonyl (C=O) groups is 1. The van der Waals surface area contributed by atoms with Crippen LogP contribution in [0.15, 0.2) is 29.4 Å². The highest BCUT2D eigenvalue weighted by Gasteiger charge is 2.18. The maximum atomic E-state index is 13.5. The standard InChI is InChI=1S/C13H19FN4O2/c1-3-18(8-9(2)12(15)17-20)13(19)16-11-7-5-4-6-10(11)14/h4-7,9,20H,3,8H2,1-2H3,(H2,15,17)(H,16,19). The second-order valence-corrected chi connectivity index (χ2v) is 4.37. The molecule has 0 aliphatic carbocycles. The van der Waals surface area contributed by atoms with Gasteiger partial charge in [-0.15, -0.1) is 0 Å². The third-order valence-corrected chi connectivity index (χ3v) is 2.90. The zero-order chi connectivity index (χ0) is 15.1. The van der Waals surface area contributed by atoms with E-state index in [0.29, 0.717) is 6.54 Å². The lowest BCUT2D eigenvalue weighted by molar-refractivity contribution is 0.210. The maximum Gasteiger partial charge on any atom is 0.321 e. The van der Waals surface area contributed by atoms with E-state index < -0.39 is 11.8 Å². The Bertz CT molecular complexity index is 493. The van der Waals surface area contributed by atoms with E-state index in [1.807, 2.05) is 0 Å². The molecule has 0 fully saturated rings. The van der Waals surface area contributed by atoms with E-state index in [0.717, 1.165) is 0 Å². The van der Waals surface area contributed by atoms with Crippen LogP contribution in [-0.2, 0) is 0 Å². The second kappa shape index (κ2) is 7.32. The molecule has 0 heterocycles. The van der Waals surface area contributed by atoms with Crippen molar-refractivity contribution < 1.29 is 14.4 Å². The SMILES string of the molecule is CCN(CC(C)C(N)=NO)C(=O)Nc1ccccc1F. The highest BCUT2D eigenvalue weighted by Crippen LogP contribution is 2.13. The Morgan fingerprint density at radius 1 is 1.55 bits per heavy atom. The summed E-state index contributed by atoms with van der Waals surface area (Å²) in [5.41, 5.74) is 5.60. The van der Waals surface area contributed by atoms with E-state index in [9.17, 15) is 9.18 Å². The predicted octanol–water partition coefficient (Wildman–Crippen LogP) is 2.06. The highest BCUT2D eigenvalue weighted by molar-refractivity contribution is 5.90. The number of benzene rings is 1. The molecule has 1 unspecified atom stereocenters. The van der Waals surface area contributed by atoms with Crippen molar-refractivity contribution in [2.24, 2.45) is 16.8 Å². The van der Waals surface area contributed by atoms with Crippen molar-refractivity contribution in [3.8, 4) is 0 Å². The molecule has 110 valence electrons. The van der Waals surface area contributed by atoms with Gasteiger partial charge in [0.25, 0.3) is 0 Å². The Morgan fingerprint density at radius 2 is 2.20 bits per heavy atom. The van der Waals surface area contributed by atoms with E-state index in [4.69, 9.17) is 10.9 Å². The van der Waals surface area contributed by atoms with E-state index >= 15 is 0 Å². The fraction of sp³-hybridized carbons (Fsp3) is 0.385. The number of oxime groups is 1. The molecule has 1 rings (SSSR count). The minimum atomic E-state index is -0.499. The van der Waals surface area contributed by atoms with Gasteiger partial charge in [0.2, 0.25) is 0 Å². The zero-order valence-electron chi connectivity index (χ0n) is 11.5. The van der Waals surface area contributed by atoms with Gasteiger partial charge in [-0.05, 0) is 19.1 Å². The molecule has 0 radical (unpaired) electrons. The molecule has 1 aromatic rings. The number of nitrogens with zero attached hydrogens (tertiary/aromatic N) is 2. The van der Waals surface area contributed by atoms with Crippen LogP contribution in [0.2, 0.25) is 0 Å². The normalized spacial score (nSPS) is 12.8. The third kappa shape index (κ3) is 4.11. The summed E-state index contributed by atoms with van der Waals surface area (Å²) in [4.78, 5) is 13.5.